The molecule has 0 fully saturated rings. The average molecular weight is 180 g/mol. The van der Waals surface area contributed by atoms with Crippen LogP contribution >= 0.6 is 0 Å². The van der Waals surface area contributed by atoms with E-state index >= 15 is 0 Å². The number of hydrogen-bond acceptors (Lipinski definition) is 2. The number of carbonyl (C=O) groups excluding carboxylic acids is 1. The number of fused-ring (bicyclic) bond motifs is 1. The van der Waals surface area contributed by atoms with E-state index in [1.54, 1.807) is 12.1 Å². The van der Waals surface area contributed by atoms with Crippen molar-refractivity contribution in [3.05, 3.63) is 47.5 Å². The summed E-state index contributed by atoms with van der Waals surface area (Å²) < 4.78 is 0. The minimum absolute atomic E-state index is 0.500. The van der Waals surface area contributed by atoms with E-state index in [2.05, 4.69) is 6.07 Å². The standard InChI is InChI=1S/C12H6NO/c13-7-9-5-6-10(8-14)12-4-2-1-3-11(9)12/h1-6H. The molecule has 0 N–H and O–H groups in total. The van der Waals surface area contributed by atoms with Gasteiger partial charge < -0.3 is 0 Å². The Morgan fingerprint density at radius 1 is 0.929 bits per heavy atom. The van der Waals surface area contributed by atoms with E-state index in [0.29, 0.717) is 11.1 Å². The second kappa shape index (κ2) is 3.31. The molecule has 65 valence electrons. The molecule has 0 spiro atoms. The first-order chi connectivity index (χ1) is 6.86. The van der Waals surface area contributed by atoms with E-state index < -0.39 is 0 Å². The molecule has 0 aliphatic heterocycles. The normalized spacial score (nSPS) is 9.64. The van der Waals surface area contributed by atoms with Crippen molar-refractivity contribution in [2.75, 3.05) is 0 Å². The van der Waals surface area contributed by atoms with Gasteiger partial charge in [0.2, 0.25) is 6.29 Å². The predicted octanol–water partition coefficient (Wildman–Crippen LogP) is 2.17. The number of benzene rings is 2. The topological polar surface area (TPSA) is 40.9 Å². The molecule has 2 rings (SSSR count). The molecule has 0 bridgehead atoms. The largest absolute Gasteiger partial charge is 0.285 e. The van der Waals surface area contributed by atoms with Gasteiger partial charge in [0.25, 0.3) is 0 Å². The molecular weight excluding hydrogens is 174 g/mol. The fourth-order valence-electron chi connectivity index (χ4n) is 1.49. The highest BCUT2D eigenvalue weighted by Gasteiger charge is 2.03. The lowest BCUT2D eigenvalue weighted by Gasteiger charge is -2.01. The Morgan fingerprint density at radius 2 is 1.50 bits per heavy atom. The summed E-state index contributed by atoms with van der Waals surface area (Å²) in [5.41, 5.74) is 1.08. The first-order valence-corrected chi connectivity index (χ1v) is 4.17. The minimum Gasteiger partial charge on any atom is -0.285 e. The van der Waals surface area contributed by atoms with E-state index in [1.165, 1.54) is 0 Å². The first-order valence-electron chi connectivity index (χ1n) is 4.17. The van der Waals surface area contributed by atoms with Gasteiger partial charge in [-0.25, -0.2) is 0 Å². The van der Waals surface area contributed by atoms with Crippen molar-refractivity contribution in [3.63, 3.8) is 0 Å². The molecule has 0 saturated heterocycles. The van der Waals surface area contributed by atoms with Crippen LogP contribution in [-0.4, -0.2) is 6.29 Å². The van der Waals surface area contributed by atoms with Crippen LogP contribution in [0.1, 0.15) is 11.1 Å². The van der Waals surface area contributed by atoms with Gasteiger partial charge in [0.15, 0.2) is 0 Å². The van der Waals surface area contributed by atoms with Crippen molar-refractivity contribution in [1.82, 2.24) is 0 Å². The van der Waals surface area contributed by atoms with Crippen LogP contribution in [0.2, 0.25) is 0 Å². The van der Waals surface area contributed by atoms with Gasteiger partial charge in [-0.2, -0.15) is 5.26 Å². The van der Waals surface area contributed by atoms with E-state index in [-0.39, 0.29) is 0 Å². The zero-order valence-electron chi connectivity index (χ0n) is 7.32. The Kier molecular flexibility index (Phi) is 2.00. The second-order valence-corrected chi connectivity index (χ2v) is 2.92. The summed E-state index contributed by atoms with van der Waals surface area (Å²) in [6, 6.07) is 12.7. The summed E-state index contributed by atoms with van der Waals surface area (Å²) in [5.74, 6) is 0. The van der Waals surface area contributed by atoms with E-state index in [9.17, 15) is 4.79 Å². The van der Waals surface area contributed by atoms with Gasteiger partial charge in [0, 0.05) is 10.9 Å². The molecule has 14 heavy (non-hydrogen) atoms. The smallest absolute Gasteiger partial charge is 0.234 e. The van der Waals surface area contributed by atoms with Gasteiger partial charge in [-0.3, -0.25) is 4.79 Å². The third-order valence-electron chi connectivity index (χ3n) is 2.15. The quantitative estimate of drug-likeness (QED) is 0.674. The van der Waals surface area contributed by atoms with Crippen molar-refractivity contribution < 1.29 is 4.79 Å². The first kappa shape index (κ1) is 8.46. The molecule has 1 radical (unpaired) electrons. The number of hydrogen-bond donors (Lipinski definition) is 0. The summed E-state index contributed by atoms with van der Waals surface area (Å²) in [4.78, 5) is 10.6. The molecule has 0 unspecified atom stereocenters. The highest BCUT2D eigenvalue weighted by Crippen LogP contribution is 2.20. The van der Waals surface area contributed by atoms with Crippen LogP contribution in [0.25, 0.3) is 10.8 Å². The van der Waals surface area contributed by atoms with E-state index in [1.807, 2.05) is 30.6 Å². The lowest BCUT2D eigenvalue weighted by molar-refractivity contribution is 0.563. The third-order valence-corrected chi connectivity index (χ3v) is 2.15. The van der Waals surface area contributed by atoms with Crippen molar-refractivity contribution >= 4 is 17.1 Å². The molecule has 2 aromatic rings. The zero-order chi connectivity index (χ0) is 9.97. The Balaban J connectivity index is 2.93. The molecule has 0 aliphatic rings. The summed E-state index contributed by atoms with van der Waals surface area (Å²) in [6.07, 6.45) is 1.86. The minimum atomic E-state index is 0.500. The molecule has 2 nitrogen and oxygen atoms in total. The fraction of sp³-hybridized carbons (Fsp3) is 0. The zero-order valence-corrected chi connectivity index (χ0v) is 7.32. The van der Waals surface area contributed by atoms with Crippen LogP contribution < -0.4 is 0 Å². The second-order valence-electron chi connectivity index (χ2n) is 2.92. The lowest BCUT2D eigenvalue weighted by Crippen LogP contribution is -1.86. The van der Waals surface area contributed by atoms with E-state index in [4.69, 9.17) is 5.26 Å². The Bertz CT molecular complexity index is 538. The molecule has 2 aromatic carbocycles. The van der Waals surface area contributed by atoms with Gasteiger partial charge in [0.1, 0.15) is 0 Å². The SMILES string of the molecule is N#Cc1ccc([C]=O)c2ccccc12. The lowest BCUT2D eigenvalue weighted by atomic mass is 10.0. The summed E-state index contributed by atoms with van der Waals surface area (Å²) in [7, 11) is 0. The molecule has 0 heterocycles. The van der Waals surface area contributed by atoms with Crippen molar-refractivity contribution in [2.45, 2.75) is 0 Å². The summed E-state index contributed by atoms with van der Waals surface area (Å²) in [5, 5.41) is 10.4. The Hall–Kier alpha value is -2.14. The Morgan fingerprint density at radius 3 is 2.07 bits per heavy atom. The van der Waals surface area contributed by atoms with Gasteiger partial charge in [0.05, 0.1) is 11.6 Å². The highest BCUT2D eigenvalue weighted by molar-refractivity contribution is 6.00. The maximum atomic E-state index is 10.6. The molecule has 0 amide bonds. The Labute approximate surface area is 81.4 Å². The van der Waals surface area contributed by atoms with Crippen LogP contribution in [0.5, 0.6) is 0 Å². The molecule has 2 heteroatoms. The molecular formula is C12H6NO. The average Bonchev–Trinajstić information content (AvgIpc) is 2.27. The third kappa shape index (κ3) is 1.16. The molecule has 0 aliphatic carbocycles. The highest BCUT2D eigenvalue weighted by atomic mass is 16.1. The molecule has 0 saturated carbocycles. The maximum Gasteiger partial charge on any atom is 0.234 e. The summed E-state index contributed by atoms with van der Waals surface area (Å²) >= 11 is 0. The van der Waals surface area contributed by atoms with Crippen LogP contribution in [-0.2, 0) is 4.79 Å². The van der Waals surface area contributed by atoms with E-state index in [0.717, 1.165) is 10.8 Å². The van der Waals surface area contributed by atoms with Gasteiger partial charge in [-0.1, -0.05) is 24.3 Å². The van der Waals surface area contributed by atoms with Crippen molar-refractivity contribution in [3.8, 4) is 6.07 Å². The fourth-order valence-corrected chi connectivity index (χ4v) is 1.49. The number of nitrogens with zero attached hydrogens (tertiary/aromatic N) is 1. The van der Waals surface area contributed by atoms with Crippen LogP contribution in [0, 0.1) is 11.3 Å². The van der Waals surface area contributed by atoms with Gasteiger partial charge in [-0.05, 0) is 17.5 Å². The number of rotatable bonds is 1. The summed E-state index contributed by atoms with van der Waals surface area (Å²) in [6.45, 7) is 0. The van der Waals surface area contributed by atoms with Crippen molar-refractivity contribution in [1.29, 1.82) is 5.26 Å². The molecule has 0 aromatic heterocycles. The van der Waals surface area contributed by atoms with Crippen LogP contribution in [0.3, 0.4) is 0 Å². The van der Waals surface area contributed by atoms with Crippen LogP contribution in [0.15, 0.2) is 36.4 Å². The predicted molar refractivity (Wildman–Crippen MR) is 53.5 cm³/mol. The number of nitriles is 1. The van der Waals surface area contributed by atoms with Gasteiger partial charge >= 0.3 is 0 Å². The maximum absolute atomic E-state index is 10.6. The molecule has 0 atom stereocenters. The van der Waals surface area contributed by atoms with Crippen molar-refractivity contribution in [2.24, 2.45) is 0 Å². The van der Waals surface area contributed by atoms with Gasteiger partial charge in [-0.15, -0.1) is 0 Å². The monoisotopic (exact) mass is 180 g/mol. The van der Waals surface area contributed by atoms with Crippen LogP contribution in [0.4, 0.5) is 0 Å².